The van der Waals surface area contributed by atoms with Gasteiger partial charge in [0, 0.05) is 45.3 Å². The zero-order valence-corrected chi connectivity index (χ0v) is 11.6. The standard InChI is InChI=1S/C14H29N3/c1-13(2)5-8-17(14-3-4-14)12-11-16-9-6-15-7-10-16/h13-15H,3-12H2,1-2H3. The topological polar surface area (TPSA) is 18.5 Å². The first-order valence-electron chi connectivity index (χ1n) is 7.43. The van der Waals surface area contributed by atoms with E-state index in [1.807, 2.05) is 0 Å². The van der Waals surface area contributed by atoms with Gasteiger partial charge in [0.1, 0.15) is 0 Å². The van der Waals surface area contributed by atoms with E-state index in [9.17, 15) is 0 Å². The molecule has 1 saturated carbocycles. The molecule has 0 aromatic heterocycles. The van der Waals surface area contributed by atoms with Crippen LogP contribution in [0.1, 0.15) is 33.1 Å². The average molecular weight is 239 g/mol. The van der Waals surface area contributed by atoms with Gasteiger partial charge in [0.2, 0.25) is 0 Å². The lowest BCUT2D eigenvalue weighted by molar-refractivity contribution is 0.178. The smallest absolute Gasteiger partial charge is 0.0112 e. The van der Waals surface area contributed by atoms with Crippen LogP contribution in [0.3, 0.4) is 0 Å². The Morgan fingerprint density at radius 2 is 1.88 bits per heavy atom. The Bertz CT molecular complexity index is 208. The molecular weight excluding hydrogens is 210 g/mol. The van der Waals surface area contributed by atoms with Crippen LogP contribution < -0.4 is 5.32 Å². The Morgan fingerprint density at radius 1 is 1.18 bits per heavy atom. The van der Waals surface area contributed by atoms with Crippen molar-refractivity contribution in [2.75, 3.05) is 45.8 Å². The van der Waals surface area contributed by atoms with E-state index >= 15 is 0 Å². The van der Waals surface area contributed by atoms with Crippen molar-refractivity contribution in [3.63, 3.8) is 0 Å². The highest BCUT2D eigenvalue weighted by Crippen LogP contribution is 2.27. The van der Waals surface area contributed by atoms with E-state index in [0.29, 0.717) is 0 Å². The van der Waals surface area contributed by atoms with Gasteiger partial charge in [-0.1, -0.05) is 13.8 Å². The van der Waals surface area contributed by atoms with E-state index < -0.39 is 0 Å². The zero-order chi connectivity index (χ0) is 12.1. The Kier molecular flexibility index (Phi) is 5.26. The molecule has 2 rings (SSSR count). The van der Waals surface area contributed by atoms with Crippen LogP contribution in [0, 0.1) is 5.92 Å². The molecule has 17 heavy (non-hydrogen) atoms. The maximum atomic E-state index is 3.42. The van der Waals surface area contributed by atoms with E-state index in [0.717, 1.165) is 12.0 Å². The second-order valence-corrected chi connectivity index (χ2v) is 6.04. The summed E-state index contributed by atoms with van der Waals surface area (Å²) in [6.45, 7) is 13.4. The van der Waals surface area contributed by atoms with Gasteiger partial charge in [-0.3, -0.25) is 9.80 Å². The van der Waals surface area contributed by atoms with Gasteiger partial charge in [-0.15, -0.1) is 0 Å². The number of hydrogen-bond acceptors (Lipinski definition) is 3. The highest BCUT2D eigenvalue weighted by Gasteiger charge is 2.28. The molecule has 3 heteroatoms. The summed E-state index contributed by atoms with van der Waals surface area (Å²) >= 11 is 0. The average Bonchev–Trinajstić information content (AvgIpc) is 3.14. The van der Waals surface area contributed by atoms with Gasteiger partial charge in [0.05, 0.1) is 0 Å². The summed E-state index contributed by atoms with van der Waals surface area (Å²) in [6.07, 6.45) is 4.25. The molecule has 0 bridgehead atoms. The zero-order valence-electron chi connectivity index (χ0n) is 11.6. The Hall–Kier alpha value is -0.120. The predicted molar refractivity (Wildman–Crippen MR) is 73.4 cm³/mol. The molecule has 0 atom stereocenters. The maximum Gasteiger partial charge on any atom is 0.0112 e. The fourth-order valence-corrected chi connectivity index (χ4v) is 2.55. The van der Waals surface area contributed by atoms with Crippen LogP contribution in [0.25, 0.3) is 0 Å². The summed E-state index contributed by atoms with van der Waals surface area (Å²) in [5.41, 5.74) is 0. The molecule has 100 valence electrons. The van der Waals surface area contributed by atoms with E-state index in [1.54, 1.807) is 0 Å². The van der Waals surface area contributed by atoms with Gasteiger partial charge in [-0.2, -0.15) is 0 Å². The van der Waals surface area contributed by atoms with E-state index in [4.69, 9.17) is 0 Å². The quantitative estimate of drug-likeness (QED) is 0.724. The molecule has 0 aromatic rings. The van der Waals surface area contributed by atoms with Crippen LogP contribution in [-0.2, 0) is 0 Å². The molecular formula is C14H29N3. The van der Waals surface area contributed by atoms with Crippen LogP contribution in [0.4, 0.5) is 0 Å². The normalized spacial score (nSPS) is 22.6. The lowest BCUT2D eigenvalue weighted by atomic mass is 10.1. The van der Waals surface area contributed by atoms with E-state index in [1.165, 1.54) is 65.1 Å². The van der Waals surface area contributed by atoms with Crippen molar-refractivity contribution < 1.29 is 0 Å². The molecule has 2 fully saturated rings. The van der Waals surface area contributed by atoms with Gasteiger partial charge >= 0.3 is 0 Å². The summed E-state index contributed by atoms with van der Waals surface area (Å²) in [5, 5.41) is 3.42. The predicted octanol–water partition coefficient (Wildman–Crippen LogP) is 1.40. The van der Waals surface area contributed by atoms with Crippen LogP contribution >= 0.6 is 0 Å². The highest BCUT2D eigenvalue weighted by molar-refractivity contribution is 4.85. The van der Waals surface area contributed by atoms with E-state index in [-0.39, 0.29) is 0 Å². The van der Waals surface area contributed by atoms with Crippen molar-refractivity contribution in [2.45, 2.75) is 39.2 Å². The van der Waals surface area contributed by atoms with Gasteiger partial charge in [0.15, 0.2) is 0 Å². The molecule has 1 N–H and O–H groups in total. The summed E-state index contributed by atoms with van der Waals surface area (Å²) in [5.74, 6) is 0.843. The minimum atomic E-state index is 0.843. The van der Waals surface area contributed by atoms with Crippen molar-refractivity contribution in [3.05, 3.63) is 0 Å². The largest absolute Gasteiger partial charge is 0.314 e. The summed E-state index contributed by atoms with van der Waals surface area (Å²) in [4.78, 5) is 5.35. The fourth-order valence-electron chi connectivity index (χ4n) is 2.55. The highest BCUT2D eigenvalue weighted by atomic mass is 15.2. The Morgan fingerprint density at radius 3 is 2.47 bits per heavy atom. The van der Waals surface area contributed by atoms with Gasteiger partial charge in [-0.05, 0) is 31.7 Å². The first kappa shape index (κ1) is 13.3. The third-order valence-electron chi connectivity index (χ3n) is 3.97. The van der Waals surface area contributed by atoms with Crippen LogP contribution in [0.2, 0.25) is 0 Å². The third-order valence-corrected chi connectivity index (χ3v) is 3.97. The molecule has 0 aromatic carbocycles. The minimum absolute atomic E-state index is 0.843. The lowest BCUT2D eigenvalue weighted by Gasteiger charge is -2.30. The number of nitrogens with one attached hydrogen (secondary N) is 1. The molecule has 0 radical (unpaired) electrons. The molecule has 1 aliphatic carbocycles. The van der Waals surface area contributed by atoms with Gasteiger partial charge in [-0.25, -0.2) is 0 Å². The second kappa shape index (κ2) is 6.72. The maximum absolute atomic E-state index is 3.42. The molecule has 0 amide bonds. The van der Waals surface area contributed by atoms with E-state index in [2.05, 4.69) is 29.0 Å². The summed E-state index contributed by atoms with van der Waals surface area (Å²) < 4.78 is 0. The van der Waals surface area contributed by atoms with Crippen LogP contribution in [0.5, 0.6) is 0 Å². The molecule has 3 nitrogen and oxygen atoms in total. The second-order valence-electron chi connectivity index (χ2n) is 6.04. The third kappa shape index (κ3) is 4.94. The molecule has 2 aliphatic rings. The number of hydrogen-bond donors (Lipinski definition) is 1. The monoisotopic (exact) mass is 239 g/mol. The number of piperazine rings is 1. The molecule has 1 heterocycles. The van der Waals surface area contributed by atoms with Crippen molar-refractivity contribution in [1.82, 2.24) is 15.1 Å². The van der Waals surface area contributed by atoms with Crippen LogP contribution in [-0.4, -0.2) is 61.7 Å². The van der Waals surface area contributed by atoms with Gasteiger partial charge < -0.3 is 5.32 Å². The minimum Gasteiger partial charge on any atom is -0.314 e. The SMILES string of the molecule is CC(C)CCN(CCN1CCNCC1)C1CC1. The van der Waals surface area contributed by atoms with Crippen molar-refractivity contribution in [2.24, 2.45) is 5.92 Å². The molecule has 0 spiro atoms. The fraction of sp³-hybridized carbons (Fsp3) is 1.00. The summed E-state index contributed by atoms with van der Waals surface area (Å²) in [7, 11) is 0. The lowest BCUT2D eigenvalue weighted by Crippen LogP contribution is -2.46. The number of rotatable bonds is 7. The number of nitrogens with zero attached hydrogens (tertiary/aromatic N) is 2. The van der Waals surface area contributed by atoms with Crippen molar-refractivity contribution in [1.29, 1.82) is 0 Å². The first-order valence-corrected chi connectivity index (χ1v) is 7.43. The van der Waals surface area contributed by atoms with Crippen LogP contribution in [0.15, 0.2) is 0 Å². The van der Waals surface area contributed by atoms with Gasteiger partial charge in [0.25, 0.3) is 0 Å². The summed E-state index contributed by atoms with van der Waals surface area (Å²) in [6, 6.07) is 0.927. The Balaban J connectivity index is 1.65. The van der Waals surface area contributed by atoms with Crippen molar-refractivity contribution in [3.8, 4) is 0 Å². The van der Waals surface area contributed by atoms with Crippen molar-refractivity contribution >= 4 is 0 Å². The molecule has 1 aliphatic heterocycles. The Labute approximate surface area is 107 Å². The molecule has 0 unspecified atom stereocenters. The first-order chi connectivity index (χ1) is 8.25. The molecule has 1 saturated heterocycles.